The number of thioether (sulfide) groups is 1. The van der Waals surface area contributed by atoms with E-state index in [1.165, 1.54) is 23.9 Å². The van der Waals surface area contributed by atoms with Crippen molar-refractivity contribution in [3.63, 3.8) is 0 Å². The Bertz CT molecular complexity index is 967. The van der Waals surface area contributed by atoms with Crippen molar-refractivity contribution in [1.82, 2.24) is 4.90 Å². The lowest BCUT2D eigenvalue weighted by Gasteiger charge is -2.14. The van der Waals surface area contributed by atoms with E-state index in [1.54, 1.807) is 23.1 Å². The van der Waals surface area contributed by atoms with Gasteiger partial charge in [0.2, 0.25) is 0 Å². The second-order valence-corrected chi connectivity index (χ2v) is 8.86. The first-order valence-electron chi connectivity index (χ1n) is 7.61. The maximum absolute atomic E-state index is 12.6. The van der Waals surface area contributed by atoms with Crippen molar-refractivity contribution < 1.29 is 17.4 Å². The second-order valence-electron chi connectivity index (χ2n) is 5.61. The van der Waals surface area contributed by atoms with Gasteiger partial charge in [-0.15, -0.1) is 0 Å². The minimum atomic E-state index is -3.56. The third-order valence-electron chi connectivity index (χ3n) is 3.48. The first kappa shape index (κ1) is 18.6. The molecule has 0 aromatic heterocycles. The fourth-order valence-corrected chi connectivity index (χ4v) is 4.06. The van der Waals surface area contributed by atoms with Gasteiger partial charge in [0, 0.05) is 0 Å². The molecule has 1 fully saturated rings. The highest BCUT2D eigenvalue weighted by atomic mass is 32.2. The fraction of sp³-hybridized carbons (Fsp3) is 0.111. The van der Waals surface area contributed by atoms with Gasteiger partial charge >= 0.3 is 10.1 Å². The molecule has 0 atom stereocenters. The number of rotatable bonds is 5. The molecule has 2 aromatic carbocycles. The standard InChI is InChI=1S/C18H15NO4S3/c1-26(21,22)23-15-9-7-13(8-10-15)11-16-17(20)19(18(24)25-16)12-14-5-3-2-4-6-14/h2-11H,12H2,1H3. The number of amides is 1. The molecule has 26 heavy (non-hydrogen) atoms. The Labute approximate surface area is 161 Å². The van der Waals surface area contributed by atoms with Crippen LogP contribution in [0, 0.1) is 0 Å². The summed E-state index contributed by atoms with van der Waals surface area (Å²) in [5.41, 5.74) is 1.76. The molecule has 0 bridgehead atoms. The summed E-state index contributed by atoms with van der Waals surface area (Å²) in [6, 6.07) is 16.1. The van der Waals surface area contributed by atoms with E-state index in [1.807, 2.05) is 30.3 Å². The average molecular weight is 406 g/mol. The smallest absolute Gasteiger partial charge is 0.306 e. The molecule has 1 amide bonds. The number of nitrogens with zero attached hydrogens (tertiary/aromatic N) is 1. The summed E-state index contributed by atoms with van der Waals surface area (Å²) in [4.78, 5) is 14.7. The van der Waals surface area contributed by atoms with E-state index < -0.39 is 10.1 Å². The van der Waals surface area contributed by atoms with Crippen molar-refractivity contribution in [3.05, 3.63) is 70.6 Å². The molecule has 0 saturated carbocycles. The summed E-state index contributed by atoms with van der Waals surface area (Å²) in [5, 5.41) is 0. The molecule has 1 heterocycles. The molecule has 0 N–H and O–H groups in total. The van der Waals surface area contributed by atoms with Crippen molar-refractivity contribution in [3.8, 4) is 5.75 Å². The van der Waals surface area contributed by atoms with E-state index in [4.69, 9.17) is 16.4 Å². The maximum Gasteiger partial charge on any atom is 0.306 e. The van der Waals surface area contributed by atoms with Gasteiger partial charge in [-0.2, -0.15) is 8.42 Å². The summed E-state index contributed by atoms with van der Waals surface area (Å²) in [6.07, 6.45) is 2.72. The molecule has 0 spiro atoms. The highest BCUT2D eigenvalue weighted by molar-refractivity contribution is 8.26. The Kier molecular flexibility index (Phi) is 5.45. The molecule has 0 aliphatic carbocycles. The summed E-state index contributed by atoms with van der Waals surface area (Å²) in [6.45, 7) is 0.435. The summed E-state index contributed by atoms with van der Waals surface area (Å²) in [5.74, 6) is 0.0848. The molecular formula is C18H15NO4S3. The monoisotopic (exact) mass is 405 g/mol. The number of benzene rings is 2. The SMILES string of the molecule is CS(=O)(=O)Oc1ccc(C=C2SC(=S)N(Cc3ccccc3)C2=O)cc1. The van der Waals surface area contributed by atoms with Crippen LogP contribution in [0.1, 0.15) is 11.1 Å². The zero-order valence-electron chi connectivity index (χ0n) is 13.8. The first-order valence-corrected chi connectivity index (χ1v) is 10.6. The van der Waals surface area contributed by atoms with Crippen LogP contribution in [0.5, 0.6) is 5.75 Å². The van der Waals surface area contributed by atoms with Gasteiger partial charge in [-0.25, -0.2) is 0 Å². The summed E-state index contributed by atoms with van der Waals surface area (Å²) < 4.78 is 27.6. The zero-order chi connectivity index (χ0) is 18.7. The fourth-order valence-electron chi connectivity index (χ4n) is 2.35. The number of hydrogen-bond acceptors (Lipinski definition) is 6. The lowest BCUT2D eigenvalue weighted by molar-refractivity contribution is -0.122. The Balaban J connectivity index is 1.75. The van der Waals surface area contributed by atoms with Crippen LogP contribution in [-0.4, -0.2) is 29.8 Å². The van der Waals surface area contributed by atoms with Crippen molar-refractivity contribution in [2.24, 2.45) is 0 Å². The topological polar surface area (TPSA) is 63.7 Å². The second kappa shape index (κ2) is 7.61. The molecule has 0 unspecified atom stereocenters. The number of hydrogen-bond donors (Lipinski definition) is 0. The average Bonchev–Trinajstić information content (AvgIpc) is 2.84. The van der Waals surface area contributed by atoms with Crippen LogP contribution in [0.25, 0.3) is 6.08 Å². The van der Waals surface area contributed by atoms with Crippen LogP contribution in [0.4, 0.5) is 0 Å². The predicted molar refractivity (Wildman–Crippen MR) is 107 cm³/mol. The van der Waals surface area contributed by atoms with Gasteiger partial charge in [0.05, 0.1) is 17.7 Å². The molecule has 3 rings (SSSR count). The highest BCUT2D eigenvalue weighted by Gasteiger charge is 2.31. The zero-order valence-corrected chi connectivity index (χ0v) is 16.2. The molecule has 5 nitrogen and oxygen atoms in total. The van der Waals surface area contributed by atoms with Crippen LogP contribution in [0.15, 0.2) is 59.5 Å². The molecule has 8 heteroatoms. The third kappa shape index (κ3) is 4.72. The Morgan fingerprint density at radius 1 is 1.12 bits per heavy atom. The van der Waals surface area contributed by atoms with Gasteiger partial charge < -0.3 is 4.18 Å². The Hall–Kier alpha value is -2.16. The number of thiocarbonyl (C=S) groups is 1. The molecular weight excluding hydrogens is 390 g/mol. The summed E-state index contributed by atoms with van der Waals surface area (Å²) >= 11 is 6.58. The minimum Gasteiger partial charge on any atom is -0.383 e. The van der Waals surface area contributed by atoms with Crippen molar-refractivity contribution in [2.75, 3.05) is 6.26 Å². The van der Waals surface area contributed by atoms with Gasteiger partial charge in [-0.3, -0.25) is 9.69 Å². The van der Waals surface area contributed by atoms with Gasteiger partial charge in [-0.05, 0) is 29.3 Å². The molecule has 1 aliphatic rings. The molecule has 0 radical (unpaired) electrons. The van der Waals surface area contributed by atoms with E-state index >= 15 is 0 Å². The van der Waals surface area contributed by atoms with Gasteiger partial charge in [0.25, 0.3) is 5.91 Å². The Morgan fingerprint density at radius 2 is 1.77 bits per heavy atom. The van der Waals surface area contributed by atoms with Gasteiger partial charge in [-0.1, -0.05) is 66.4 Å². The first-order chi connectivity index (χ1) is 12.3. The predicted octanol–water partition coefficient (Wildman–Crippen LogP) is 3.43. The van der Waals surface area contributed by atoms with E-state index in [2.05, 4.69) is 0 Å². The van der Waals surface area contributed by atoms with Crippen LogP contribution >= 0.6 is 24.0 Å². The van der Waals surface area contributed by atoms with Crippen LogP contribution in [0.2, 0.25) is 0 Å². The van der Waals surface area contributed by atoms with E-state index in [-0.39, 0.29) is 11.7 Å². The van der Waals surface area contributed by atoms with E-state index in [0.29, 0.717) is 15.8 Å². The molecule has 1 saturated heterocycles. The van der Waals surface area contributed by atoms with E-state index in [0.717, 1.165) is 17.4 Å². The number of carbonyl (C=O) groups excluding carboxylic acids is 1. The van der Waals surface area contributed by atoms with E-state index in [9.17, 15) is 13.2 Å². The van der Waals surface area contributed by atoms with Crippen LogP contribution < -0.4 is 4.18 Å². The quantitative estimate of drug-likeness (QED) is 0.431. The highest BCUT2D eigenvalue weighted by Crippen LogP contribution is 2.33. The van der Waals surface area contributed by atoms with Gasteiger partial charge in [0.1, 0.15) is 10.1 Å². The minimum absolute atomic E-state index is 0.139. The van der Waals surface area contributed by atoms with Crippen molar-refractivity contribution in [1.29, 1.82) is 0 Å². The normalized spacial score (nSPS) is 16.3. The lowest BCUT2D eigenvalue weighted by Crippen LogP contribution is -2.27. The van der Waals surface area contributed by atoms with Crippen molar-refractivity contribution in [2.45, 2.75) is 6.54 Å². The molecule has 1 aliphatic heterocycles. The maximum atomic E-state index is 12.6. The molecule has 2 aromatic rings. The molecule has 134 valence electrons. The van der Waals surface area contributed by atoms with Crippen molar-refractivity contribution >= 4 is 50.4 Å². The largest absolute Gasteiger partial charge is 0.383 e. The third-order valence-corrected chi connectivity index (χ3v) is 5.36. The van der Waals surface area contributed by atoms with Crippen LogP contribution in [0.3, 0.4) is 0 Å². The number of carbonyl (C=O) groups is 1. The van der Waals surface area contributed by atoms with Crippen LogP contribution in [-0.2, 0) is 21.5 Å². The lowest BCUT2D eigenvalue weighted by atomic mass is 10.2. The van der Waals surface area contributed by atoms with Gasteiger partial charge in [0.15, 0.2) is 0 Å². The Morgan fingerprint density at radius 3 is 2.38 bits per heavy atom. The summed E-state index contributed by atoms with van der Waals surface area (Å²) in [7, 11) is -3.56.